The molecular weight excluding hydrogens is 444 g/mol. The van der Waals surface area contributed by atoms with E-state index in [1.165, 1.54) is 0 Å². The Morgan fingerprint density at radius 1 is 0.971 bits per heavy atom. The fourth-order valence-corrected chi connectivity index (χ4v) is 4.67. The molecule has 7 nitrogen and oxygen atoms in total. The number of benzene rings is 2. The standard InChI is InChI=1S/C28H36N2O5/c1-4-10-19(16-26(31)32)29-27(33)25(15-18(3)5-2)30-28(34)35-17-24-22-13-8-6-11-20(22)21-12-7-9-14-23(21)24/h6-9,11-14,18-19,24-25H,4-5,10,15-17H2,1-3H3,(H,29,33)(H,30,34)(H,31,32)/t18?,19-,25?/m0/s1. The van der Waals surface area contributed by atoms with E-state index >= 15 is 0 Å². The summed E-state index contributed by atoms with van der Waals surface area (Å²) in [7, 11) is 0. The lowest BCUT2D eigenvalue weighted by Crippen LogP contribution is -2.50. The first-order valence-corrected chi connectivity index (χ1v) is 12.5. The lowest BCUT2D eigenvalue weighted by Gasteiger charge is -2.24. The largest absolute Gasteiger partial charge is 0.481 e. The predicted molar refractivity (Wildman–Crippen MR) is 135 cm³/mol. The van der Waals surface area contributed by atoms with Crippen LogP contribution in [0.1, 0.15) is 69.9 Å². The van der Waals surface area contributed by atoms with Crippen molar-refractivity contribution in [1.29, 1.82) is 0 Å². The van der Waals surface area contributed by atoms with Crippen molar-refractivity contribution in [1.82, 2.24) is 10.6 Å². The van der Waals surface area contributed by atoms with E-state index in [4.69, 9.17) is 9.84 Å². The lowest BCUT2D eigenvalue weighted by molar-refractivity contribution is -0.137. The van der Waals surface area contributed by atoms with Crippen LogP contribution < -0.4 is 10.6 Å². The molecule has 0 spiro atoms. The van der Waals surface area contributed by atoms with Gasteiger partial charge in [0.2, 0.25) is 5.91 Å². The molecule has 7 heteroatoms. The molecule has 3 atom stereocenters. The second-order valence-electron chi connectivity index (χ2n) is 9.36. The van der Waals surface area contributed by atoms with Crippen LogP contribution in [0.25, 0.3) is 11.1 Å². The first-order chi connectivity index (χ1) is 16.8. The van der Waals surface area contributed by atoms with Gasteiger partial charge < -0.3 is 20.5 Å². The van der Waals surface area contributed by atoms with Crippen LogP contribution in [0.3, 0.4) is 0 Å². The number of alkyl carbamates (subject to hydrolysis) is 1. The second kappa shape index (κ2) is 12.4. The molecule has 3 rings (SSSR count). The van der Waals surface area contributed by atoms with E-state index in [1.807, 2.05) is 45.0 Å². The zero-order valence-corrected chi connectivity index (χ0v) is 20.8. The topological polar surface area (TPSA) is 105 Å². The van der Waals surface area contributed by atoms with Crippen LogP contribution in [0.2, 0.25) is 0 Å². The van der Waals surface area contributed by atoms with Crippen LogP contribution in [0.4, 0.5) is 4.79 Å². The molecule has 0 aromatic heterocycles. The molecule has 2 aromatic carbocycles. The van der Waals surface area contributed by atoms with Crippen LogP contribution in [0.5, 0.6) is 0 Å². The molecule has 0 fully saturated rings. The maximum absolute atomic E-state index is 13.0. The van der Waals surface area contributed by atoms with Crippen molar-refractivity contribution in [3.63, 3.8) is 0 Å². The van der Waals surface area contributed by atoms with E-state index in [1.54, 1.807) is 0 Å². The summed E-state index contributed by atoms with van der Waals surface area (Å²) in [6.45, 7) is 6.14. The molecule has 0 saturated heterocycles. The van der Waals surface area contributed by atoms with E-state index in [-0.39, 0.29) is 30.8 Å². The summed E-state index contributed by atoms with van der Waals surface area (Å²) in [5.74, 6) is -1.21. The van der Waals surface area contributed by atoms with Gasteiger partial charge in [-0.25, -0.2) is 4.79 Å². The Balaban J connectivity index is 1.67. The number of hydrogen-bond donors (Lipinski definition) is 3. The summed E-state index contributed by atoms with van der Waals surface area (Å²) >= 11 is 0. The van der Waals surface area contributed by atoms with Crippen molar-refractivity contribution in [2.75, 3.05) is 6.61 Å². The van der Waals surface area contributed by atoms with Crippen molar-refractivity contribution < 1.29 is 24.2 Å². The molecule has 3 N–H and O–H groups in total. The quantitative estimate of drug-likeness (QED) is 0.392. The maximum atomic E-state index is 13.0. The highest BCUT2D eigenvalue weighted by Crippen LogP contribution is 2.44. The highest BCUT2D eigenvalue weighted by molar-refractivity contribution is 5.86. The molecule has 188 valence electrons. The molecule has 0 bridgehead atoms. The number of aliphatic carboxylic acids is 1. The molecule has 2 aromatic rings. The maximum Gasteiger partial charge on any atom is 0.407 e. The van der Waals surface area contributed by atoms with Crippen molar-refractivity contribution in [3.05, 3.63) is 59.7 Å². The average Bonchev–Trinajstić information content (AvgIpc) is 3.15. The third-order valence-corrected chi connectivity index (χ3v) is 6.69. The Morgan fingerprint density at radius 2 is 1.57 bits per heavy atom. The molecule has 0 radical (unpaired) electrons. The summed E-state index contributed by atoms with van der Waals surface area (Å²) in [6.07, 6.45) is 1.79. The second-order valence-corrected chi connectivity index (χ2v) is 9.36. The van der Waals surface area contributed by atoms with Crippen LogP contribution in [-0.4, -0.2) is 41.8 Å². The van der Waals surface area contributed by atoms with Crippen LogP contribution in [0, 0.1) is 5.92 Å². The van der Waals surface area contributed by atoms with Gasteiger partial charge in [-0.3, -0.25) is 9.59 Å². The number of ether oxygens (including phenoxy) is 1. The highest BCUT2D eigenvalue weighted by atomic mass is 16.5. The molecule has 1 aliphatic carbocycles. The van der Waals surface area contributed by atoms with Gasteiger partial charge in [0.25, 0.3) is 0 Å². The molecule has 35 heavy (non-hydrogen) atoms. The third-order valence-electron chi connectivity index (χ3n) is 6.69. The summed E-state index contributed by atoms with van der Waals surface area (Å²) in [5.41, 5.74) is 4.52. The Kier molecular flexibility index (Phi) is 9.29. The Morgan fingerprint density at radius 3 is 2.11 bits per heavy atom. The molecule has 2 amide bonds. The number of rotatable bonds is 12. The SMILES string of the molecule is CCC[C@@H](CC(=O)O)NC(=O)C(CC(C)CC)NC(=O)OCC1c2ccccc2-c2ccccc21. The average molecular weight is 481 g/mol. The van der Waals surface area contributed by atoms with E-state index in [2.05, 4.69) is 34.9 Å². The Bertz CT molecular complexity index is 992. The number of nitrogens with one attached hydrogen (secondary N) is 2. The number of carbonyl (C=O) groups is 3. The van der Waals surface area contributed by atoms with E-state index < -0.39 is 24.1 Å². The van der Waals surface area contributed by atoms with Gasteiger partial charge in [0.15, 0.2) is 0 Å². The summed E-state index contributed by atoms with van der Waals surface area (Å²) in [5, 5.41) is 14.7. The van der Waals surface area contributed by atoms with Crippen LogP contribution in [-0.2, 0) is 14.3 Å². The van der Waals surface area contributed by atoms with Crippen molar-refractivity contribution in [2.45, 2.75) is 70.9 Å². The number of fused-ring (bicyclic) bond motifs is 3. The van der Waals surface area contributed by atoms with Gasteiger partial charge in [-0.05, 0) is 41.0 Å². The highest BCUT2D eigenvalue weighted by Gasteiger charge is 2.30. The third kappa shape index (κ3) is 6.84. The Labute approximate surface area is 207 Å². The first kappa shape index (κ1) is 26.3. The minimum atomic E-state index is -0.966. The molecule has 0 heterocycles. The minimum Gasteiger partial charge on any atom is -0.481 e. The van der Waals surface area contributed by atoms with Gasteiger partial charge in [0.1, 0.15) is 12.6 Å². The van der Waals surface area contributed by atoms with Crippen LogP contribution in [0.15, 0.2) is 48.5 Å². The molecule has 1 aliphatic rings. The monoisotopic (exact) mass is 480 g/mol. The zero-order chi connectivity index (χ0) is 25.4. The zero-order valence-electron chi connectivity index (χ0n) is 20.8. The first-order valence-electron chi connectivity index (χ1n) is 12.5. The molecular formula is C28H36N2O5. The summed E-state index contributed by atoms with van der Waals surface area (Å²) < 4.78 is 5.63. The van der Waals surface area contributed by atoms with Gasteiger partial charge in [-0.15, -0.1) is 0 Å². The minimum absolute atomic E-state index is 0.0699. The fourth-order valence-electron chi connectivity index (χ4n) is 4.67. The van der Waals surface area contributed by atoms with E-state index in [0.29, 0.717) is 12.8 Å². The van der Waals surface area contributed by atoms with E-state index in [0.717, 1.165) is 35.1 Å². The summed E-state index contributed by atoms with van der Waals surface area (Å²) in [4.78, 5) is 37.0. The lowest BCUT2D eigenvalue weighted by atomic mass is 9.98. The van der Waals surface area contributed by atoms with Crippen molar-refractivity contribution >= 4 is 18.0 Å². The van der Waals surface area contributed by atoms with Gasteiger partial charge in [0, 0.05) is 12.0 Å². The number of carboxylic acids is 1. The van der Waals surface area contributed by atoms with Crippen molar-refractivity contribution in [3.8, 4) is 11.1 Å². The predicted octanol–water partition coefficient (Wildman–Crippen LogP) is 5.09. The van der Waals surface area contributed by atoms with E-state index in [9.17, 15) is 14.4 Å². The number of carbonyl (C=O) groups excluding carboxylic acids is 2. The van der Waals surface area contributed by atoms with Gasteiger partial charge in [-0.1, -0.05) is 82.1 Å². The Hall–Kier alpha value is -3.35. The number of carboxylic acid groups (broad SMARTS) is 1. The summed E-state index contributed by atoms with van der Waals surface area (Å²) in [6, 6.07) is 14.9. The normalized spacial score (nSPS) is 14.8. The number of hydrogen-bond acceptors (Lipinski definition) is 4. The van der Waals surface area contributed by atoms with Gasteiger partial charge in [-0.2, -0.15) is 0 Å². The van der Waals surface area contributed by atoms with Crippen LogP contribution >= 0.6 is 0 Å². The number of amides is 2. The fraction of sp³-hybridized carbons (Fsp3) is 0.464. The smallest absolute Gasteiger partial charge is 0.407 e. The molecule has 0 aliphatic heterocycles. The van der Waals surface area contributed by atoms with Gasteiger partial charge >= 0.3 is 12.1 Å². The molecule has 0 saturated carbocycles. The van der Waals surface area contributed by atoms with Gasteiger partial charge in [0.05, 0.1) is 6.42 Å². The van der Waals surface area contributed by atoms with Crippen molar-refractivity contribution in [2.24, 2.45) is 5.92 Å². The molecule has 2 unspecified atom stereocenters.